The number of rotatable bonds is 4. The lowest BCUT2D eigenvalue weighted by Crippen LogP contribution is -2.40. The van der Waals surface area contributed by atoms with Gasteiger partial charge in [0.25, 0.3) is 0 Å². The van der Waals surface area contributed by atoms with Crippen molar-refractivity contribution in [1.29, 1.82) is 0 Å². The van der Waals surface area contributed by atoms with Crippen molar-refractivity contribution in [2.45, 2.75) is 25.9 Å². The highest BCUT2D eigenvalue weighted by atomic mass is 35.5. The topological polar surface area (TPSA) is 60.4 Å². The molecule has 18 heavy (non-hydrogen) atoms. The largest absolute Gasteiger partial charge is 0.464 e. The minimum absolute atomic E-state index is 0.156. The average Bonchev–Trinajstić information content (AvgIpc) is 2.38. The average molecular weight is 273 g/mol. The van der Waals surface area contributed by atoms with Crippen molar-refractivity contribution in [3.05, 3.63) is 5.28 Å². The summed E-state index contributed by atoms with van der Waals surface area (Å²) in [6, 6.07) is 0.270. The minimum Gasteiger partial charge on any atom is -0.464 e. The van der Waals surface area contributed by atoms with Crippen molar-refractivity contribution < 1.29 is 9.47 Å². The summed E-state index contributed by atoms with van der Waals surface area (Å²) >= 11 is 5.88. The summed E-state index contributed by atoms with van der Waals surface area (Å²) in [5, 5.41) is 0.156. The molecule has 1 unspecified atom stereocenters. The molecule has 2 rings (SSSR count). The Morgan fingerprint density at radius 1 is 1.39 bits per heavy atom. The number of hydrogen-bond acceptors (Lipinski definition) is 6. The monoisotopic (exact) mass is 272 g/mol. The molecule has 0 saturated carbocycles. The molecule has 1 aromatic rings. The lowest BCUT2D eigenvalue weighted by atomic mass is 10.1. The van der Waals surface area contributed by atoms with Crippen LogP contribution in [0.25, 0.3) is 0 Å². The molecule has 1 fully saturated rings. The van der Waals surface area contributed by atoms with E-state index in [0.29, 0.717) is 12.6 Å². The number of methoxy groups -OCH3 is 1. The summed E-state index contributed by atoms with van der Waals surface area (Å²) in [7, 11) is 1.72. The molecule has 0 aromatic carbocycles. The molecule has 6 nitrogen and oxygen atoms in total. The zero-order chi connectivity index (χ0) is 13.0. The fourth-order valence-corrected chi connectivity index (χ4v) is 2.12. The number of ether oxygens (including phenoxy) is 2. The van der Waals surface area contributed by atoms with Crippen LogP contribution in [0, 0.1) is 0 Å². The maximum atomic E-state index is 5.88. The van der Waals surface area contributed by atoms with Gasteiger partial charge in [0.1, 0.15) is 0 Å². The Morgan fingerprint density at radius 3 is 2.94 bits per heavy atom. The maximum Gasteiger partial charge on any atom is 0.322 e. The third kappa shape index (κ3) is 3.20. The van der Waals surface area contributed by atoms with Crippen LogP contribution in [0.1, 0.15) is 19.8 Å². The smallest absolute Gasteiger partial charge is 0.322 e. The van der Waals surface area contributed by atoms with Gasteiger partial charge in [-0.05, 0) is 31.4 Å². The van der Waals surface area contributed by atoms with Gasteiger partial charge in [0.2, 0.25) is 11.2 Å². The predicted octanol–water partition coefficient (Wildman–Crippen LogP) is 1.54. The highest BCUT2D eigenvalue weighted by molar-refractivity contribution is 6.28. The summed E-state index contributed by atoms with van der Waals surface area (Å²) < 4.78 is 10.6. The van der Waals surface area contributed by atoms with E-state index in [1.165, 1.54) is 0 Å². The molecule has 2 heterocycles. The first-order chi connectivity index (χ1) is 8.72. The molecular weight excluding hydrogens is 256 g/mol. The Labute approximate surface area is 111 Å². The molecule has 1 atom stereocenters. The van der Waals surface area contributed by atoms with Gasteiger partial charge < -0.3 is 14.4 Å². The van der Waals surface area contributed by atoms with Gasteiger partial charge in [-0.3, -0.25) is 0 Å². The molecule has 1 saturated heterocycles. The Balaban J connectivity index is 2.16. The van der Waals surface area contributed by atoms with Crippen LogP contribution < -0.4 is 9.64 Å². The van der Waals surface area contributed by atoms with E-state index in [1.807, 2.05) is 11.8 Å². The molecule has 1 aliphatic rings. The quantitative estimate of drug-likeness (QED) is 0.829. The maximum absolute atomic E-state index is 5.88. The highest BCUT2D eigenvalue weighted by Gasteiger charge is 2.22. The Morgan fingerprint density at radius 2 is 2.22 bits per heavy atom. The zero-order valence-corrected chi connectivity index (χ0v) is 11.4. The second-order valence-electron chi connectivity index (χ2n) is 4.07. The Bertz CT molecular complexity index is 405. The van der Waals surface area contributed by atoms with E-state index in [1.54, 1.807) is 7.11 Å². The van der Waals surface area contributed by atoms with E-state index in [4.69, 9.17) is 21.1 Å². The summed E-state index contributed by atoms with van der Waals surface area (Å²) in [5.41, 5.74) is 0. The van der Waals surface area contributed by atoms with Gasteiger partial charge in [0.15, 0.2) is 0 Å². The van der Waals surface area contributed by atoms with Gasteiger partial charge in [-0.15, -0.1) is 0 Å². The van der Waals surface area contributed by atoms with Crippen LogP contribution in [0.2, 0.25) is 5.28 Å². The second-order valence-corrected chi connectivity index (χ2v) is 4.40. The molecular formula is C11H17ClN4O2. The van der Waals surface area contributed by atoms with Crippen LogP contribution in [0.5, 0.6) is 6.01 Å². The van der Waals surface area contributed by atoms with Crippen molar-refractivity contribution in [3.63, 3.8) is 0 Å². The van der Waals surface area contributed by atoms with Gasteiger partial charge in [-0.1, -0.05) is 0 Å². The van der Waals surface area contributed by atoms with Crippen molar-refractivity contribution in [3.8, 4) is 6.01 Å². The summed E-state index contributed by atoms with van der Waals surface area (Å²) in [5.74, 6) is 0.556. The van der Waals surface area contributed by atoms with Crippen molar-refractivity contribution in [2.75, 3.05) is 31.7 Å². The summed E-state index contributed by atoms with van der Waals surface area (Å²) in [6.45, 7) is 4.04. The van der Waals surface area contributed by atoms with Crippen LogP contribution >= 0.6 is 11.6 Å². The number of aromatic nitrogens is 3. The Kier molecular flexibility index (Phi) is 4.54. The van der Waals surface area contributed by atoms with Crippen LogP contribution in [0.3, 0.4) is 0 Å². The molecule has 1 aromatic heterocycles. The predicted molar refractivity (Wildman–Crippen MR) is 68.3 cm³/mol. The molecule has 7 heteroatoms. The van der Waals surface area contributed by atoms with Crippen LogP contribution in [-0.4, -0.2) is 47.9 Å². The third-order valence-corrected chi connectivity index (χ3v) is 3.01. The van der Waals surface area contributed by atoms with Gasteiger partial charge >= 0.3 is 6.01 Å². The number of anilines is 1. The van der Waals surface area contributed by atoms with E-state index in [2.05, 4.69) is 15.0 Å². The van der Waals surface area contributed by atoms with E-state index in [-0.39, 0.29) is 17.4 Å². The molecule has 100 valence electrons. The number of halogens is 1. The molecule has 0 amide bonds. The fourth-order valence-electron chi connectivity index (χ4n) is 1.97. The molecule has 1 aliphatic heterocycles. The first kappa shape index (κ1) is 13.3. The molecule has 0 bridgehead atoms. The molecule has 0 radical (unpaired) electrons. The van der Waals surface area contributed by atoms with E-state index >= 15 is 0 Å². The van der Waals surface area contributed by atoms with Crippen molar-refractivity contribution in [1.82, 2.24) is 15.0 Å². The first-order valence-corrected chi connectivity index (χ1v) is 6.43. The van der Waals surface area contributed by atoms with E-state index < -0.39 is 0 Å². The van der Waals surface area contributed by atoms with Crippen molar-refractivity contribution >= 4 is 17.5 Å². The summed E-state index contributed by atoms with van der Waals surface area (Å²) in [4.78, 5) is 14.4. The van der Waals surface area contributed by atoms with E-state index in [9.17, 15) is 0 Å². The third-order valence-electron chi connectivity index (χ3n) is 2.84. The zero-order valence-electron chi connectivity index (χ0n) is 10.6. The van der Waals surface area contributed by atoms with Crippen LogP contribution in [0.4, 0.5) is 5.95 Å². The fraction of sp³-hybridized carbons (Fsp3) is 0.727. The lowest BCUT2D eigenvalue weighted by Gasteiger charge is -2.31. The number of hydrogen-bond donors (Lipinski definition) is 0. The normalized spacial score (nSPS) is 19.9. The second kappa shape index (κ2) is 6.15. The van der Waals surface area contributed by atoms with Crippen LogP contribution in [0.15, 0.2) is 0 Å². The minimum atomic E-state index is 0.156. The standard InChI is InChI=1S/C11H17ClN4O2/c1-3-18-11-14-9(12)13-10(15-11)16-6-4-5-8(7-16)17-2/h8H,3-7H2,1-2H3. The lowest BCUT2D eigenvalue weighted by molar-refractivity contribution is 0.0888. The number of nitrogens with zero attached hydrogens (tertiary/aromatic N) is 4. The first-order valence-electron chi connectivity index (χ1n) is 6.05. The molecule has 0 aliphatic carbocycles. The van der Waals surface area contributed by atoms with E-state index in [0.717, 1.165) is 25.9 Å². The van der Waals surface area contributed by atoms with Crippen molar-refractivity contribution in [2.24, 2.45) is 0 Å². The van der Waals surface area contributed by atoms with Crippen LogP contribution in [-0.2, 0) is 4.74 Å². The summed E-state index contributed by atoms with van der Waals surface area (Å²) in [6.07, 6.45) is 2.32. The number of piperidine rings is 1. The molecule has 0 N–H and O–H groups in total. The van der Waals surface area contributed by atoms with Gasteiger partial charge in [0, 0.05) is 20.2 Å². The van der Waals surface area contributed by atoms with Gasteiger partial charge in [0.05, 0.1) is 12.7 Å². The van der Waals surface area contributed by atoms with Gasteiger partial charge in [-0.2, -0.15) is 15.0 Å². The SMILES string of the molecule is CCOc1nc(Cl)nc(N2CCCC(OC)C2)n1. The molecule has 0 spiro atoms. The highest BCUT2D eigenvalue weighted by Crippen LogP contribution is 2.20. The van der Waals surface area contributed by atoms with Gasteiger partial charge in [-0.25, -0.2) is 0 Å². The Hall–Kier alpha value is -1.14.